The molecule has 1 aromatic heterocycles. The summed E-state index contributed by atoms with van der Waals surface area (Å²) in [6, 6.07) is 4.00. The van der Waals surface area contributed by atoms with E-state index in [0.29, 0.717) is 17.8 Å². The molecule has 2 heterocycles. The summed E-state index contributed by atoms with van der Waals surface area (Å²) < 4.78 is 5.67. The minimum Gasteiger partial charge on any atom is -0.465 e. The van der Waals surface area contributed by atoms with E-state index in [4.69, 9.17) is 14.4 Å². The normalized spacial score (nSPS) is 34.6. The average Bonchev–Trinajstić information content (AvgIpc) is 3.31. The smallest absolute Gasteiger partial charge is 0.126 e. The summed E-state index contributed by atoms with van der Waals surface area (Å²) in [6.45, 7) is 15.8. The molecule has 1 fully saturated rings. The largest absolute Gasteiger partial charge is 0.465 e. The molecule has 1 aromatic rings. The predicted molar refractivity (Wildman–Crippen MR) is 120 cm³/mol. The Morgan fingerprint density at radius 1 is 1.10 bits per heavy atom. The van der Waals surface area contributed by atoms with Crippen LogP contribution in [0.3, 0.4) is 0 Å². The van der Waals surface area contributed by atoms with Crippen LogP contribution < -0.4 is 0 Å². The Kier molecular flexibility index (Phi) is 3.85. The lowest BCUT2D eigenvalue weighted by atomic mass is 9.42. The Morgan fingerprint density at radius 2 is 1.86 bits per heavy atom. The molecule has 4 aliphatic carbocycles. The minimum atomic E-state index is -0.121. The molecule has 152 valence electrons. The molecule has 0 saturated heterocycles. The van der Waals surface area contributed by atoms with Gasteiger partial charge in [-0.1, -0.05) is 65.3 Å². The fraction of sp³-hybridized carbons (Fsp3) is 0.538. The molecular weight excluding hydrogens is 356 g/mol. The predicted octanol–water partition coefficient (Wildman–Crippen LogP) is 6.01. The number of furan rings is 1. The maximum Gasteiger partial charge on any atom is 0.126 e. The molecule has 5 aliphatic rings. The molecule has 0 unspecified atom stereocenters. The van der Waals surface area contributed by atoms with Crippen LogP contribution in [-0.2, 0) is 0 Å². The number of aliphatic imine (C=N–C) groups is 2. The Morgan fingerprint density at radius 3 is 2.52 bits per heavy atom. The Labute approximate surface area is 174 Å². The fourth-order valence-corrected chi connectivity index (χ4v) is 6.17. The third-order valence-corrected chi connectivity index (χ3v) is 7.41. The molecule has 4 atom stereocenters. The standard InChI is InChI=1S/C26H32N2O/c1-24(2,3)19-15-26(25(4,5)6)18-10-9-16(14-17-8-7-13-29-17)20(18)21(19)22-23(26)28-12-11-27-22/h7-10,13-15,18,20-21H,11-12H2,1-6H3/b16-14-/t18-,20+,21+,26-/m1/s1. The van der Waals surface area contributed by atoms with Crippen molar-refractivity contribution < 1.29 is 4.42 Å². The number of nitrogens with zero attached hydrogens (tertiary/aromatic N) is 2. The third-order valence-electron chi connectivity index (χ3n) is 7.41. The van der Waals surface area contributed by atoms with Crippen LogP contribution in [-0.4, -0.2) is 24.5 Å². The van der Waals surface area contributed by atoms with Crippen molar-refractivity contribution in [2.45, 2.75) is 41.5 Å². The molecule has 3 nitrogen and oxygen atoms in total. The van der Waals surface area contributed by atoms with E-state index >= 15 is 0 Å². The van der Waals surface area contributed by atoms with E-state index in [9.17, 15) is 0 Å². The Bertz CT molecular complexity index is 988. The van der Waals surface area contributed by atoms with Crippen molar-refractivity contribution in [3.63, 3.8) is 0 Å². The first-order valence-corrected chi connectivity index (χ1v) is 10.9. The van der Waals surface area contributed by atoms with Crippen LogP contribution >= 0.6 is 0 Å². The van der Waals surface area contributed by atoms with E-state index < -0.39 is 0 Å². The first-order valence-electron chi connectivity index (χ1n) is 10.9. The maximum atomic E-state index is 5.67. The summed E-state index contributed by atoms with van der Waals surface area (Å²) in [6.07, 6.45) is 11.4. The number of allylic oxidation sites excluding steroid dienone is 5. The van der Waals surface area contributed by atoms with E-state index in [1.807, 2.05) is 12.1 Å². The molecule has 6 rings (SSSR count). The molecule has 0 amide bonds. The van der Waals surface area contributed by atoms with Crippen molar-refractivity contribution in [3.8, 4) is 0 Å². The molecule has 0 aromatic carbocycles. The van der Waals surface area contributed by atoms with E-state index in [1.165, 1.54) is 22.6 Å². The van der Waals surface area contributed by atoms with Gasteiger partial charge in [-0.25, -0.2) is 0 Å². The maximum absolute atomic E-state index is 5.67. The van der Waals surface area contributed by atoms with Gasteiger partial charge in [-0.2, -0.15) is 0 Å². The van der Waals surface area contributed by atoms with Crippen molar-refractivity contribution in [2.24, 2.45) is 44.0 Å². The highest BCUT2D eigenvalue weighted by atomic mass is 16.3. The van der Waals surface area contributed by atoms with Crippen molar-refractivity contribution in [3.05, 3.63) is 53.5 Å². The van der Waals surface area contributed by atoms with Gasteiger partial charge in [-0.05, 0) is 34.6 Å². The van der Waals surface area contributed by atoms with Crippen LogP contribution in [0.2, 0.25) is 0 Å². The van der Waals surface area contributed by atoms with Gasteiger partial charge in [0.15, 0.2) is 0 Å². The molecule has 0 radical (unpaired) electrons. The second kappa shape index (κ2) is 5.93. The summed E-state index contributed by atoms with van der Waals surface area (Å²) in [5.41, 5.74) is 5.43. The second-order valence-electron chi connectivity index (χ2n) is 11.0. The summed E-state index contributed by atoms with van der Waals surface area (Å²) in [5.74, 6) is 2.04. The topological polar surface area (TPSA) is 37.9 Å². The summed E-state index contributed by atoms with van der Waals surface area (Å²) in [5, 5.41) is 0. The monoisotopic (exact) mass is 388 g/mol. The van der Waals surface area contributed by atoms with Crippen LogP contribution in [0.5, 0.6) is 0 Å². The zero-order valence-electron chi connectivity index (χ0n) is 18.5. The molecule has 29 heavy (non-hydrogen) atoms. The fourth-order valence-electron chi connectivity index (χ4n) is 6.17. The summed E-state index contributed by atoms with van der Waals surface area (Å²) in [7, 11) is 0. The van der Waals surface area contributed by atoms with Crippen LogP contribution in [0.1, 0.15) is 47.3 Å². The van der Waals surface area contributed by atoms with Crippen LogP contribution in [0, 0.1) is 34.0 Å². The van der Waals surface area contributed by atoms with Crippen molar-refractivity contribution in [1.82, 2.24) is 0 Å². The first-order chi connectivity index (χ1) is 13.6. The van der Waals surface area contributed by atoms with Crippen LogP contribution in [0.25, 0.3) is 6.08 Å². The third kappa shape index (κ3) is 2.49. The van der Waals surface area contributed by atoms with Gasteiger partial charge < -0.3 is 4.42 Å². The Hall–Kier alpha value is -2.16. The number of hydrogen-bond acceptors (Lipinski definition) is 3. The van der Waals surface area contributed by atoms with Crippen LogP contribution in [0.4, 0.5) is 0 Å². The zero-order valence-corrected chi connectivity index (χ0v) is 18.5. The van der Waals surface area contributed by atoms with Gasteiger partial charge in [-0.3, -0.25) is 9.98 Å². The lowest BCUT2D eigenvalue weighted by molar-refractivity contribution is 0.107. The van der Waals surface area contributed by atoms with E-state index in [-0.39, 0.29) is 16.2 Å². The Balaban J connectivity index is 1.79. The summed E-state index contributed by atoms with van der Waals surface area (Å²) >= 11 is 0. The minimum absolute atomic E-state index is 0.0409. The molecule has 3 heteroatoms. The average molecular weight is 389 g/mol. The van der Waals surface area contributed by atoms with Crippen molar-refractivity contribution >= 4 is 17.5 Å². The van der Waals surface area contributed by atoms with Crippen molar-refractivity contribution in [1.29, 1.82) is 0 Å². The highest BCUT2D eigenvalue weighted by molar-refractivity contribution is 6.48. The van der Waals surface area contributed by atoms with Gasteiger partial charge in [0.1, 0.15) is 5.76 Å². The van der Waals surface area contributed by atoms with Crippen molar-refractivity contribution in [2.75, 3.05) is 13.1 Å². The number of rotatable bonds is 1. The lowest BCUT2D eigenvalue weighted by Crippen LogP contribution is -2.63. The second-order valence-corrected chi connectivity index (χ2v) is 11.0. The highest BCUT2D eigenvalue weighted by Gasteiger charge is 2.65. The van der Waals surface area contributed by atoms with Gasteiger partial charge in [0.25, 0.3) is 0 Å². The molecule has 1 saturated carbocycles. The molecular formula is C26H32N2O. The molecule has 2 bridgehead atoms. The quantitative estimate of drug-likeness (QED) is 0.543. The lowest BCUT2D eigenvalue weighted by Gasteiger charge is -2.61. The zero-order chi connectivity index (χ0) is 20.6. The highest BCUT2D eigenvalue weighted by Crippen LogP contribution is 2.66. The van der Waals surface area contributed by atoms with Gasteiger partial charge in [0.2, 0.25) is 0 Å². The molecule has 0 spiro atoms. The van der Waals surface area contributed by atoms with Crippen LogP contribution in [0.15, 0.2) is 62.2 Å². The van der Waals surface area contributed by atoms with E-state index in [2.05, 4.69) is 65.8 Å². The molecule has 1 aliphatic heterocycles. The van der Waals surface area contributed by atoms with E-state index in [1.54, 1.807) is 6.26 Å². The first kappa shape index (κ1) is 18.8. The number of hydrogen-bond donors (Lipinski definition) is 0. The van der Waals surface area contributed by atoms with E-state index in [0.717, 1.165) is 18.8 Å². The van der Waals surface area contributed by atoms with Gasteiger partial charge in [0, 0.05) is 23.2 Å². The van der Waals surface area contributed by atoms with Gasteiger partial charge >= 0.3 is 0 Å². The van der Waals surface area contributed by atoms with Gasteiger partial charge in [0.05, 0.1) is 30.8 Å². The molecule has 0 N–H and O–H groups in total. The van der Waals surface area contributed by atoms with Gasteiger partial charge in [-0.15, -0.1) is 0 Å². The summed E-state index contributed by atoms with van der Waals surface area (Å²) in [4.78, 5) is 10.2. The SMILES string of the molecule is CC(C)(C)C1=C[C@]2(C(C)(C)C)C3=NCCN=C3[C@@H]1[C@H]1/C(=C\c3ccco3)C=C[C@H]12.